The van der Waals surface area contributed by atoms with E-state index >= 15 is 0 Å². The van der Waals surface area contributed by atoms with Gasteiger partial charge in [0.05, 0.1) is 6.42 Å². The monoisotopic (exact) mass is 208 g/mol. The second-order valence-corrected chi connectivity index (χ2v) is 3.84. The molecule has 1 saturated carbocycles. The highest BCUT2D eigenvalue weighted by Crippen LogP contribution is 2.18. The Kier molecular flexibility index (Phi) is 2.68. The summed E-state index contributed by atoms with van der Waals surface area (Å²) in [5, 5.41) is 2.75. The van der Waals surface area contributed by atoms with Crippen LogP contribution in [0.3, 0.4) is 0 Å². The zero-order chi connectivity index (χ0) is 10.8. The van der Waals surface area contributed by atoms with Gasteiger partial charge in [0.1, 0.15) is 5.82 Å². The maximum atomic E-state index is 13.2. The standard InChI is InChI=1S/C11H13FN2O/c12-8-4-2-1-3-7(8)5-11(15)14-10-6-9(10)13/h1-4,9-10H,5-6,13H2,(H,14,15). The summed E-state index contributed by atoms with van der Waals surface area (Å²) in [6.45, 7) is 0. The first kappa shape index (κ1) is 10.1. The fourth-order valence-corrected chi connectivity index (χ4v) is 1.45. The maximum Gasteiger partial charge on any atom is 0.224 e. The van der Waals surface area contributed by atoms with Gasteiger partial charge >= 0.3 is 0 Å². The first-order chi connectivity index (χ1) is 7.16. The summed E-state index contributed by atoms with van der Waals surface area (Å²) in [6.07, 6.45) is 0.902. The fraction of sp³-hybridized carbons (Fsp3) is 0.364. The van der Waals surface area contributed by atoms with Gasteiger partial charge in [-0.15, -0.1) is 0 Å². The lowest BCUT2D eigenvalue weighted by Crippen LogP contribution is -2.31. The van der Waals surface area contributed by atoms with Crippen molar-refractivity contribution in [3.05, 3.63) is 35.6 Å². The molecule has 15 heavy (non-hydrogen) atoms. The first-order valence-electron chi connectivity index (χ1n) is 4.95. The number of rotatable bonds is 3. The van der Waals surface area contributed by atoms with Gasteiger partial charge in [-0.1, -0.05) is 18.2 Å². The molecule has 0 aromatic heterocycles. The average molecular weight is 208 g/mol. The summed E-state index contributed by atoms with van der Waals surface area (Å²) in [7, 11) is 0. The Bertz CT molecular complexity index is 381. The van der Waals surface area contributed by atoms with Crippen molar-refractivity contribution in [2.24, 2.45) is 5.73 Å². The first-order valence-corrected chi connectivity index (χ1v) is 4.95. The van der Waals surface area contributed by atoms with Crippen molar-refractivity contribution in [1.82, 2.24) is 5.32 Å². The van der Waals surface area contributed by atoms with E-state index in [0.29, 0.717) is 5.56 Å². The van der Waals surface area contributed by atoms with Crippen LogP contribution in [0, 0.1) is 5.82 Å². The van der Waals surface area contributed by atoms with Gasteiger partial charge in [0.15, 0.2) is 0 Å². The molecule has 0 radical (unpaired) electrons. The average Bonchev–Trinajstić information content (AvgIpc) is 2.86. The zero-order valence-corrected chi connectivity index (χ0v) is 8.24. The van der Waals surface area contributed by atoms with Crippen LogP contribution in [0.1, 0.15) is 12.0 Å². The minimum Gasteiger partial charge on any atom is -0.351 e. The Morgan fingerprint density at radius 1 is 1.53 bits per heavy atom. The van der Waals surface area contributed by atoms with Gasteiger partial charge < -0.3 is 11.1 Å². The van der Waals surface area contributed by atoms with E-state index in [1.54, 1.807) is 18.2 Å². The van der Waals surface area contributed by atoms with Gasteiger partial charge in [-0.25, -0.2) is 4.39 Å². The Balaban J connectivity index is 1.91. The Hall–Kier alpha value is -1.42. The SMILES string of the molecule is NC1CC1NC(=O)Cc1ccccc1F. The molecule has 2 unspecified atom stereocenters. The number of nitrogens with two attached hydrogens (primary N) is 1. The summed E-state index contributed by atoms with van der Waals surface area (Å²) in [5.74, 6) is -0.509. The van der Waals surface area contributed by atoms with Gasteiger partial charge in [-0.2, -0.15) is 0 Å². The number of halogens is 1. The number of nitrogens with one attached hydrogen (secondary N) is 1. The lowest BCUT2D eigenvalue weighted by Gasteiger charge is -2.04. The molecular weight excluding hydrogens is 195 g/mol. The third-order valence-electron chi connectivity index (χ3n) is 2.50. The van der Waals surface area contributed by atoms with Gasteiger partial charge in [0.2, 0.25) is 5.91 Å². The van der Waals surface area contributed by atoms with E-state index in [1.165, 1.54) is 6.07 Å². The molecule has 0 spiro atoms. The molecule has 2 rings (SSSR count). The van der Waals surface area contributed by atoms with Crippen molar-refractivity contribution in [2.75, 3.05) is 0 Å². The van der Waals surface area contributed by atoms with Crippen molar-refractivity contribution in [3.8, 4) is 0 Å². The molecule has 1 aromatic carbocycles. The van der Waals surface area contributed by atoms with E-state index < -0.39 is 0 Å². The predicted octanol–water partition coefficient (Wildman–Crippen LogP) is 0.584. The molecule has 2 atom stereocenters. The minimum absolute atomic E-state index is 0.0783. The third-order valence-corrected chi connectivity index (χ3v) is 2.50. The maximum absolute atomic E-state index is 13.2. The Morgan fingerprint density at radius 2 is 2.20 bits per heavy atom. The largest absolute Gasteiger partial charge is 0.351 e. The number of carbonyl (C=O) groups is 1. The van der Waals surface area contributed by atoms with E-state index in [0.717, 1.165) is 6.42 Å². The van der Waals surface area contributed by atoms with E-state index in [-0.39, 0.29) is 30.2 Å². The van der Waals surface area contributed by atoms with Gasteiger partial charge in [-0.05, 0) is 18.1 Å². The summed E-state index contributed by atoms with van der Waals surface area (Å²) < 4.78 is 13.2. The number of hydrogen-bond acceptors (Lipinski definition) is 2. The Labute approximate surface area is 87.5 Å². The summed E-state index contributed by atoms with van der Waals surface area (Å²) in [4.78, 5) is 11.4. The molecule has 1 aliphatic rings. The molecule has 0 heterocycles. The zero-order valence-electron chi connectivity index (χ0n) is 8.24. The number of amides is 1. The van der Waals surface area contributed by atoms with Crippen LogP contribution in [-0.2, 0) is 11.2 Å². The Morgan fingerprint density at radius 3 is 2.80 bits per heavy atom. The predicted molar refractivity (Wildman–Crippen MR) is 54.6 cm³/mol. The number of hydrogen-bond donors (Lipinski definition) is 2. The number of carbonyl (C=O) groups excluding carboxylic acids is 1. The molecule has 3 nitrogen and oxygen atoms in total. The molecule has 1 aliphatic carbocycles. The van der Waals surface area contributed by atoms with Gasteiger partial charge in [0.25, 0.3) is 0 Å². The lowest BCUT2D eigenvalue weighted by molar-refractivity contribution is -0.120. The van der Waals surface area contributed by atoms with Crippen molar-refractivity contribution < 1.29 is 9.18 Å². The van der Waals surface area contributed by atoms with Crippen LogP contribution in [0.2, 0.25) is 0 Å². The van der Waals surface area contributed by atoms with Crippen LogP contribution < -0.4 is 11.1 Å². The van der Waals surface area contributed by atoms with Crippen molar-refractivity contribution in [2.45, 2.75) is 24.9 Å². The van der Waals surface area contributed by atoms with Gasteiger partial charge in [0, 0.05) is 12.1 Å². The minimum atomic E-state index is -0.340. The second-order valence-electron chi connectivity index (χ2n) is 3.84. The summed E-state index contributed by atoms with van der Waals surface area (Å²) >= 11 is 0. The van der Waals surface area contributed by atoms with E-state index in [1.807, 2.05) is 0 Å². The van der Waals surface area contributed by atoms with E-state index in [9.17, 15) is 9.18 Å². The van der Waals surface area contributed by atoms with Crippen LogP contribution in [0.15, 0.2) is 24.3 Å². The smallest absolute Gasteiger partial charge is 0.224 e. The second kappa shape index (κ2) is 3.98. The topological polar surface area (TPSA) is 55.1 Å². The highest BCUT2D eigenvalue weighted by atomic mass is 19.1. The van der Waals surface area contributed by atoms with Gasteiger partial charge in [-0.3, -0.25) is 4.79 Å². The van der Waals surface area contributed by atoms with Crippen LogP contribution in [0.4, 0.5) is 4.39 Å². The molecule has 1 amide bonds. The molecule has 4 heteroatoms. The molecule has 0 aliphatic heterocycles. The number of benzene rings is 1. The van der Waals surface area contributed by atoms with Crippen molar-refractivity contribution in [3.63, 3.8) is 0 Å². The van der Waals surface area contributed by atoms with E-state index in [4.69, 9.17) is 5.73 Å². The molecule has 3 N–H and O–H groups in total. The van der Waals surface area contributed by atoms with E-state index in [2.05, 4.69) is 5.32 Å². The van der Waals surface area contributed by atoms with Crippen LogP contribution >= 0.6 is 0 Å². The van der Waals surface area contributed by atoms with Crippen LogP contribution in [-0.4, -0.2) is 18.0 Å². The molecule has 0 bridgehead atoms. The summed E-state index contributed by atoms with van der Waals surface area (Å²) in [5.41, 5.74) is 5.97. The normalized spacial score (nSPS) is 23.6. The van der Waals surface area contributed by atoms with Crippen molar-refractivity contribution >= 4 is 5.91 Å². The molecular formula is C11H13FN2O. The van der Waals surface area contributed by atoms with Crippen LogP contribution in [0.5, 0.6) is 0 Å². The van der Waals surface area contributed by atoms with Crippen molar-refractivity contribution in [1.29, 1.82) is 0 Å². The molecule has 80 valence electrons. The molecule has 0 saturated heterocycles. The lowest BCUT2D eigenvalue weighted by atomic mass is 10.1. The highest BCUT2D eigenvalue weighted by Gasteiger charge is 2.34. The molecule has 1 aromatic rings. The highest BCUT2D eigenvalue weighted by molar-refractivity contribution is 5.79. The quantitative estimate of drug-likeness (QED) is 0.763. The third kappa shape index (κ3) is 2.53. The summed E-state index contributed by atoms with van der Waals surface area (Å²) in [6, 6.07) is 6.45. The molecule has 1 fully saturated rings. The van der Waals surface area contributed by atoms with Crippen LogP contribution in [0.25, 0.3) is 0 Å². The fourth-order valence-electron chi connectivity index (χ4n) is 1.45.